The summed E-state index contributed by atoms with van der Waals surface area (Å²) in [6, 6.07) is 7.97. The molecule has 0 aliphatic rings. The summed E-state index contributed by atoms with van der Waals surface area (Å²) in [5, 5.41) is 5.50. The molecule has 0 atom stereocenters. The smallest absolute Gasteiger partial charge is 0.248 e. The Hall–Kier alpha value is -1.96. The van der Waals surface area contributed by atoms with Crippen molar-refractivity contribution in [3.63, 3.8) is 0 Å². The van der Waals surface area contributed by atoms with Gasteiger partial charge in [-0.05, 0) is 36.0 Å². The lowest BCUT2D eigenvalue weighted by atomic mass is 9.99. The van der Waals surface area contributed by atoms with Crippen molar-refractivity contribution in [2.45, 2.75) is 37.9 Å². The van der Waals surface area contributed by atoms with Gasteiger partial charge in [0.25, 0.3) is 0 Å². The number of sulfonamides is 1. The van der Waals surface area contributed by atoms with Crippen molar-refractivity contribution in [2.75, 3.05) is 0 Å². The number of hydrogen-bond acceptors (Lipinski definition) is 4. The largest absolute Gasteiger partial charge is 0.333 e. The highest BCUT2D eigenvalue weighted by atomic mass is 32.2. The summed E-state index contributed by atoms with van der Waals surface area (Å²) < 4.78 is 26.5. The highest BCUT2D eigenvalue weighted by Crippen LogP contribution is 2.39. The quantitative estimate of drug-likeness (QED) is 0.696. The molecule has 0 aliphatic carbocycles. The van der Waals surface area contributed by atoms with Crippen LogP contribution < -0.4 is 5.14 Å². The average molecular weight is 390 g/mol. The summed E-state index contributed by atoms with van der Waals surface area (Å²) in [5.74, 6) is 0.450. The van der Waals surface area contributed by atoms with Crippen LogP contribution in [0.2, 0.25) is 0 Å². The second-order valence-electron chi connectivity index (χ2n) is 6.89. The van der Waals surface area contributed by atoms with E-state index in [1.54, 1.807) is 12.5 Å². The predicted molar refractivity (Wildman–Crippen MR) is 106 cm³/mol. The van der Waals surface area contributed by atoms with Crippen LogP contribution in [-0.4, -0.2) is 18.0 Å². The molecular weight excluding hydrogens is 366 g/mol. The summed E-state index contributed by atoms with van der Waals surface area (Å²) in [6.07, 6.45) is 6.28. The third-order valence-corrected chi connectivity index (χ3v) is 7.01. The van der Waals surface area contributed by atoms with E-state index in [-0.39, 0.29) is 4.21 Å². The van der Waals surface area contributed by atoms with E-state index in [9.17, 15) is 8.42 Å². The normalized spacial score (nSPS) is 12.0. The van der Waals surface area contributed by atoms with E-state index in [0.29, 0.717) is 5.92 Å². The van der Waals surface area contributed by atoms with Gasteiger partial charge in [0.2, 0.25) is 10.0 Å². The number of hydrogen-bond donors (Lipinski definition) is 1. The fraction of sp³-hybridized carbons (Fsp3) is 0.316. The van der Waals surface area contributed by atoms with Crippen LogP contribution in [0.1, 0.15) is 29.9 Å². The molecule has 0 spiro atoms. The van der Waals surface area contributed by atoms with Crippen LogP contribution in [0, 0.1) is 12.8 Å². The minimum absolute atomic E-state index is 0.257. The van der Waals surface area contributed by atoms with Gasteiger partial charge >= 0.3 is 0 Å². The average Bonchev–Trinajstić information content (AvgIpc) is 3.16. The molecule has 0 fully saturated rings. The molecule has 7 heteroatoms. The molecule has 0 saturated heterocycles. The van der Waals surface area contributed by atoms with E-state index >= 15 is 0 Å². The number of nitrogens with zero attached hydrogens (tertiary/aromatic N) is 2. The van der Waals surface area contributed by atoms with Crippen LogP contribution in [0.3, 0.4) is 0 Å². The van der Waals surface area contributed by atoms with E-state index in [0.717, 1.165) is 40.1 Å². The predicted octanol–water partition coefficient (Wildman–Crippen LogP) is 3.81. The molecule has 0 radical (unpaired) electrons. The topological polar surface area (TPSA) is 78.0 Å². The lowest BCUT2D eigenvalue weighted by Gasteiger charge is -2.08. The van der Waals surface area contributed by atoms with Gasteiger partial charge in [-0.2, -0.15) is 0 Å². The van der Waals surface area contributed by atoms with Gasteiger partial charge in [0.15, 0.2) is 0 Å². The molecule has 0 amide bonds. The van der Waals surface area contributed by atoms with Crippen LogP contribution in [0.4, 0.5) is 0 Å². The molecule has 5 nitrogen and oxygen atoms in total. The first-order valence-electron chi connectivity index (χ1n) is 8.46. The van der Waals surface area contributed by atoms with Crippen LogP contribution in [-0.2, 0) is 23.0 Å². The van der Waals surface area contributed by atoms with Gasteiger partial charge in [-0.3, -0.25) is 0 Å². The SMILES string of the molecule is Cc1c(CC(C)C)sc(S(N)(=O)=O)c1-c1ccc(Cn2ccnc2)cc1. The van der Waals surface area contributed by atoms with Crippen LogP contribution in [0.15, 0.2) is 47.2 Å². The number of nitrogens with two attached hydrogens (primary N) is 1. The first kappa shape index (κ1) is 18.8. The standard InChI is InChI=1S/C19H23N3O2S2/c1-13(2)10-17-14(3)18(19(25-17)26(20,23)24)16-6-4-15(5-7-16)11-22-9-8-21-12-22/h4-9,12-13H,10-11H2,1-3H3,(H2,20,23,24). The van der Waals surface area contributed by atoms with Crippen molar-refractivity contribution >= 4 is 21.4 Å². The first-order chi connectivity index (χ1) is 12.3. The highest BCUT2D eigenvalue weighted by molar-refractivity contribution is 7.91. The Morgan fingerprint density at radius 3 is 2.46 bits per heavy atom. The molecule has 0 bridgehead atoms. The summed E-state index contributed by atoms with van der Waals surface area (Å²) in [4.78, 5) is 5.13. The zero-order valence-corrected chi connectivity index (χ0v) is 16.8. The van der Waals surface area contributed by atoms with E-state index in [1.807, 2.05) is 42.0 Å². The molecule has 2 N–H and O–H groups in total. The van der Waals surface area contributed by atoms with Gasteiger partial charge < -0.3 is 4.57 Å². The van der Waals surface area contributed by atoms with Gasteiger partial charge in [0.1, 0.15) is 4.21 Å². The number of thiophene rings is 1. The van der Waals surface area contributed by atoms with Crippen molar-refractivity contribution in [3.8, 4) is 11.1 Å². The lowest BCUT2D eigenvalue weighted by Crippen LogP contribution is -2.11. The second kappa shape index (κ2) is 7.34. The number of primary sulfonamides is 1. The molecule has 138 valence electrons. The van der Waals surface area contributed by atoms with Gasteiger partial charge in [0, 0.05) is 29.4 Å². The maximum absolute atomic E-state index is 12.1. The Morgan fingerprint density at radius 1 is 1.23 bits per heavy atom. The molecule has 2 aromatic heterocycles. The summed E-state index contributed by atoms with van der Waals surface area (Å²) in [5.41, 5.74) is 3.75. The first-order valence-corrected chi connectivity index (χ1v) is 10.8. The van der Waals surface area contributed by atoms with E-state index in [1.165, 1.54) is 11.3 Å². The van der Waals surface area contributed by atoms with E-state index < -0.39 is 10.0 Å². The van der Waals surface area contributed by atoms with Gasteiger partial charge in [-0.15, -0.1) is 11.3 Å². The van der Waals surface area contributed by atoms with Crippen molar-refractivity contribution < 1.29 is 8.42 Å². The number of aromatic nitrogens is 2. The van der Waals surface area contributed by atoms with Gasteiger partial charge in [0.05, 0.1) is 6.33 Å². The summed E-state index contributed by atoms with van der Waals surface area (Å²) >= 11 is 1.30. The van der Waals surface area contributed by atoms with Crippen LogP contribution in [0.5, 0.6) is 0 Å². The molecule has 3 aromatic rings. The van der Waals surface area contributed by atoms with Gasteiger partial charge in [-0.1, -0.05) is 38.1 Å². The Labute approximate surface area is 158 Å². The molecule has 0 aliphatic heterocycles. The third kappa shape index (κ3) is 4.06. The number of rotatable bonds is 6. The zero-order valence-electron chi connectivity index (χ0n) is 15.1. The second-order valence-corrected chi connectivity index (χ2v) is 9.75. The van der Waals surface area contributed by atoms with Crippen molar-refractivity contribution in [2.24, 2.45) is 11.1 Å². The minimum Gasteiger partial charge on any atom is -0.333 e. The maximum atomic E-state index is 12.1. The molecule has 0 unspecified atom stereocenters. The zero-order chi connectivity index (χ0) is 18.9. The van der Waals surface area contributed by atoms with Crippen molar-refractivity contribution in [1.82, 2.24) is 9.55 Å². The monoisotopic (exact) mass is 389 g/mol. The minimum atomic E-state index is -3.76. The fourth-order valence-corrected chi connectivity index (χ4v) is 5.59. The number of imidazole rings is 1. The molecule has 1 aromatic carbocycles. The van der Waals surface area contributed by atoms with E-state index in [2.05, 4.69) is 18.8 Å². The Morgan fingerprint density at radius 2 is 1.92 bits per heavy atom. The van der Waals surface area contributed by atoms with Crippen molar-refractivity contribution in [3.05, 3.63) is 59.0 Å². The Kier molecular flexibility index (Phi) is 5.32. The maximum Gasteiger partial charge on any atom is 0.248 e. The van der Waals surface area contributed by atoms with Crippen LogP contribution >= 0.6 is 11.3 Å². The van der Waals surface area contributed by atoms with Crippen molar-refractivity contribution in [1.29, 1.82) is 0 Å². The molecule has 2 heterocycles. The number of benzene rings is 1. The lowest BCUT2D eigenvalue weighted by molar-refractivity contribution is 0.600. The molecular formula is C19H23N3O2S2. The van der Waals surface area contributed by atoms with Crippen LogP contribution in [0.25, 0.3) is 11.1 Å². The Balaban J connectivity index is 2.01. The summed E-state index contributed by atoms with van der Waals surface area (Å²) in [7, 11) is -3.76. The fourth-order valence-electron chi connectivity index (χ4n) is 3.00. The molecule has 0 saturated carbocycles. The third-order valence-electron chi connectivity index (χ3n) is 4.23. The highest BCUT2D eigenvalue weighted by Gasteiger charge is 2.24. The molecule has 3 rings (SSSR count). The summed E-state index contributed by atoms with van der Waals surface area (Å²) in [6.45, 7) is 6.96. The van der Waals surface area contributed by atoms with E-state index in [4.69, 9.17) is 5.14 Å². The molecule has 26 heavy (non-hydrogen) atoms. The van der Waals surface area contributed by atoms with Gasteiger partial charge in [-0.25, -0.2) is 18.5 Å². The Bertz CT molecular complexity index is 986.